The fraction of sp³-hybridized carbons (Fsp3) is 0. The molecule has 2 rings (SSSR count). The van der Waals surface area contributed by atoms with Gasteiger partial charge in [-0.05, 0) is 0 Å². The van der Waals surface area contributed by atoms with Crippen LogP contribution in [0.25, 0.3) is 0 Å². The summed E-state index contributed by atoms with van der Waals surface area (Å²) in [6.45, 7) is 0. The largest absolute Gasteiger partial charge is 0.364 e. The molecule has 0 saturated heterocycles. The minimum absolute atomic E-state index is 0.192. The van der Waals surface area contributed by atoms with Gasteiger partial charge < -0.3 is 5.73 Å². The van der Waals surface area contributed by atoms with Gasteiger partial charge >= 0.3 is 0 Å². The van der Waals surface area contributed by atoms with E-state index in [9.17, 15) is 4.79 Å². The Morgan fingerprint density at radius 3 is 2.06 bits per heavy atom. The van der Waals surface area contributed by atoms with Crippen molar-refractivity contribution in [3.63, 3.8) is 0 Å². The molecule has 2 aromatic heterocycles. The van der Waals surface area contributed by atoms with Crippen molar-refractivity contribution in [2.45, 2.75) is 0 Å². The zero-order valence-electron chi connectivity index (χ0n) is 8.69. The number of carbonyl (C=O) groups is 1. The molecule has 0 bridgehead atoms. The van der Waals surface area contributed by atoms with Crippen molar-refractivity contribution in [2.75, 3.05) is 0 Å². The molecule has 2 aromatic rings. The first-order valence-corrected chi connectivity index (χ1v) is 4.46. The zero-order chi connectivity index (χ0) is 12.5. The average molecular weight is 228 g/mol. The second-order valence-electron chi connectivity index (χ2n) is 2.66. The number of amides is 1. The number of nitrogens with zero attached hydrogens (tertiary/aromatic N) is 5. The molecule has 2 heterocycles. The Morgan fingerprint density at radius 2 is 1.76 bits per heavy atom. The Labute approximate surface area is 97.0 Å². The second kappa shape index (κ2) is 6.58. The molecule has 0 aliphatic heterocycles. The van der Waals surface area contributed by atoms with Gasteiger partial charge in [0.1, 0.15) is 11.8 Å². The smallest absolute Gasteiger partial charge is 0.268 e. The van der Waals surface area contributed by atoms with Crippen LogP contribution in [0, 0.1) is 11.3 Å². The quantitative estimate of drug-likeness (QED) is 0.729. The first-order chi connectivity index (χ1) is 8.24. The van der Waals surface area contributed by atoms with E-state index in [2.05, 4.69) is 19.9 Å². The van der Waals surface area contributed by atoms with Gasteiger partial charge in [-0.1, -0.05) is 0 Å². The van der Waals surface area contributed by atoms with Crippen LogP contribution in [0.5, 0.6) is 0 Å². The van der Waals surface area contributed by atoms with E-state index in [1.54, 1.807) is 0 Å². The third kappa shape index (κ3) is 4.44. The van der Waals surface area contributed by atoms with Gasteiger partial charge in [0.05, 0.1) is 12.4 Å². The van der Waals surface area contributed by atoms with Gasteiger partial charge in [-0.3, -0.25) is 14.8 Å². The van der Waals surface area contributed by atoms with E-state index >= 15 is 0 Å². The predicted molar refractivity (Wildman–Crippen MR) is 57.3 cm³/mol. The monoisotopic (exact) mass is 228 g/mol. The fourth-order valence-corrected chi connectivity index (χ4v) is 0.783. The van der Waals surface area contributed by atoms with Crippen LogP contribution in [0.1, 0.15) is 16.2 Å². The van der Waals surface area contributed by atoms with Crippen molar-refractivity contribution >= 4 is 5.91 Å². The summed E-state index contributed by atoms with van der Waals surface area (Å²) in [5, 5.41) is 8.19. The number of nitrogens with two attached hydrogens (primary N) is 1. The van der Waals surface area contributed by atoms with Crippen LogP contribution in [0.15, 0.2) is 37.2 Å². The van der Waals surface area contributed by atoms with Crippen molar-refractivity contribution in [1.29, 1.82) is 5.26 Å². The lowest BCUT2D eigenvalue weighted by Gasteiger charge is -1.87. The Morgan fingerprint density at radius 1 is 1.12 bits per heavy atom. The molecule has 0 aliphatic carbocycles. The van der Waals surface area contributed by atoms with Crippen LogP contribution < -0.4 is 5.73 Å². The number of rotatable bonds is 1. The van der Waals surface area contributed by atoms with Crippen LogP contribution in [0.2, 0.25) is 0 Å². The van der Waals surface area contributed by atoms with E-state index in [4.69, 9.17) is 11.0 Å². The maximum Gasteiger partial charge on any atom is 0.268 e. The Hall–Kier alpha value is -2.88. The lowest BCUT2D eigenvalue weighted by molar-refractivity contribution is 0.0995. The molecule has 0 radical (unpaired) electrons. The zero-order valence-corrected chi connectivity index (χ0v) is 8.69. The molecule has 0 aliphatic rings. The summed E-state index contributed by atoms with van der Waals surface area (Å²) < 4.78 is 0. The molecule has 0 spiro atoms. The Balaban J connectivity index is 0.000000171. The number of hydrogen-bond donors (Lipinski definition) is 1. The number of primary amides is 1. The Kier molecular flexibility index (Phi) is 4.72. The molecule has 0 atom stereocenters. The third-order valence-corrected chi connectivity index (χ3v) is 1.49. The summed E-state index contributed by atoms with van der Waals surface area (Å²) in [7, 11) is 0. The summed E-state index contributed by atoms with van der Waals surface area (Å²) in [5.74, 6) is -0.553. The minimum atomic E-state index is -0.553. The van der Waals surface area contributed by atoms with Gasteiger partial charge in [0, 0.05) is 24.8 Å². The molecule has 0 fully saturated rings. The fourth-order valence-electron chi connectivity index (χ4n) is 0.783. The topological polar surface area (TPSA) is 118 Å². The van der Waals surface area contributed by atoms with E-state index in [1.807, 2.05) is 6.07 Å². The minimum Gasteiger partial charge on any atom is -0.364 e. The maximum absolute atomic E-state index is 10.3. The first-order valence-electron chi connectivity index (χ1n) is 4.46. The molecule has 7 heteroatoms. The normalized spacial score (nSPS) is 8.41. The summed E-state index contributed by atoms with van der Waals surface area (Å²) >= 11 is 0. The van der Waals surface area contributed by atoms with Crippen molar-refractivity contribution < 1.29 is 4.79 Å². The first kappa shape index (κ1) is 12.2. The number of nitriles is 1. The van der Waals surface area contributed by atoms with Crippen molar-refractivity contribution in [1.82, 2.24) is 19.9 Å². The van der Waals surface area contributed by atoms with Gasteiger partial charge in [-0.25, -0.2) is 9.97 Å². The molecule has 1 amide bonds. The number of carbonyl (C=O) groups excluding carboxylic acids is 1. The van der Waals surface area contributed by atoms with Gasteiger partial charge in [0.2, 0.25) is 0 Å². The molecule has 17 heavy (non-hydrogen) atoms. The summed E-state index contributed by atoms with van der Waals surface area (Å²) in [5.41, 5.74) is 5.42. The highest BCUT2D eigenvalue weighted by Gasteiger charge is 1.97. The summed E-state index contributed by atoms with van der Waals surface area (Å²) in [6, 6.07) is 1.85. The molecule has 0 unspecified atom stereocenters. The van der Waals surface area contributed by atoms with Crippen LogP contribution in [-0.4, -0.2) is 25.8 Å². The lowest BCUT2D eigenvalue weighted by Crippen LogP contribution is -2.12. The SMILES string of the molecule is N#Cc1cnccn1.NC(=O)c1cnccn1. The van der Waals surface area contributed by atoms with Crippen LogP contribution in [-0.2, 0) is 0 Å². The highest BCUT2D eigenvalue weighted by atomic mass is 16.1. The molecule has 0 aromatic carbocycles. The van der Waals surface area contributed by atoms with Crippen LogP contribution >= 0.6 is 0 Å². The molecule has 7 nitrogen and oxygen atoms in total. The summed E-state index contributed by atoms with van der Waals surface area (Å²) in [6.07, 6.45) is 8.65. The maximum atomic E-state index is 10.3. The summed E-state index contributed by atoms with van der Waals surface area (Å²) in [4.78, 5) is 24.9. The Bertz CT molecular complexity index is 507. The van der Waals surface area contributed by atoms with Gasteiger partial charge in [0.25, 0.3) is 5.91 Å². The lowest BCUT2D eigenvalue weighted by atomic mass is 10.4. The highest BCUT2D eigenvalue weighted by Crippen LogP contribution is 1.85. The number of aromatic nitrogens is 4. The van der Waals surface area contributed by atoms with E-state index in [-0.39, 0.29) is 5.69 Å². The number of hydrogen-bond acceptors (Lipinski definition) is 6. The van der Waals surface area contributed by atoms with Crippen molar-refractivity contribution in [3.8, 4) is 6.07 Å². The van der Waals surface area contributed by atoms with Crippen LogP contribution in [0.4, 0.5) is 0 Å². The second-order valence-corrected chi connectivity index (χ2v) is 2.66. The van der Waals surface area contributed by atoms with Crippen LogP contribution in [0.3, 0.4) is 0 Å². The van der Waals surface area contributed by atoms with Gasteiger partial charge in [0.15, 0.2) is 5.69 Å². The predicted octanol–water partition coefficient (Wildman–Crippen LogP) is -0.0762. The molecule has 2 N–H and O–H groups in total. The molecular formula is C10H8N6O. The highest BCUT2D eigenvalue weighted by molar-refractivity contribution is 5.90. The van der Waals surface area contributed by atoms with Crippen molar-refractivity contribution in [2.24, 2.45) is 5.73 Å². The van der Waals surface area contributed by atoms with E-state index in [0.29, 0.717) is 5.69 Å². The third-order valence-electron chi connectivity index (χ3n) is 1.49. The van der Waals surface area contributed by atoms with Gasteiger partial charge in [-0.15, -0.1) is 0 Å². The molecule has 84 valence electrons. The van der Waals surface area contributed by atoms with Crippen molar-refractivity contribution in [3.05, 3.63) is 48.6 Å². The molecular weight excluding hydrogens is 220 g/mol. The van der Waals surface area contributed by atoms with E-state index < -0.39 is 5.91 Å². The molecule has 0 saturated carbocycles. The van der Waals surface area contributed by atoms with E-state index in [0.717, 1.165) is 0 Å². The standard InChI is InChI=1S/C5H5N3O.C5H3N3/c6-5(9)4-3-7-1-2-8-4;6-3-5-4-7-1-2-8-5/h1-3H,(H2,6,9);1-2,4H. The average Bonchev–Trinajstić information content (AvgIpc) is 2.41. The van der Waals surface area contributed by atoms with E-state index in [1.165, 1.54) is 37.2 Å². The van der Waals surface area contributed by atoms with Gasteiger partial charge in [-0.2, -0.15) is 5.26 Å².